The number of aromatic carboxylic acids is 1. The number of benzene rings is 1. The first-order valence-corrected chi connectivity index (χ1v) is 14.9. The number of carboxylic acids is 1. The zero-order chi connectivity index (χ0) is 25.7. The van der Waals surface area contributed by atoms with Crippen LogP contribution in [0.2, 0.25) is 0 Å². The third-order valence-corrected chi connectivity index (χ3v) is 10.4. The summed E-state index contributed by atoms with van der Waals surface area (Å²) < 4.78 is 1.79. The minimum absolute atomic E-state index is 0.0245. The molecule has 4 aliphatic rings. The molecule has 1 aromatic heterocycles. The van der Waals surface area contributed by atoms with Crippen molar-refractivity contribution >= 4 is 17.0 Å². The number of nitrogens with zero attached hydrogens (tertiary/aromatic N) is 3. The zero-order valence-corrected chi connectivity index (χ0v) is 22.5. The van der Waals surface area contributed by atoms with Crippen LogP contribution >= 0.6 is 0 Å². The van der Waals surface area contributed by atoms with Crippen LogP contribution in [0.3, 0.4) is 0 Å². The lowest BCUT2D eigenvalue weighted by Crippen LogP contribution is -2.58. The van der Waals surface area contributed by atoms with Crippen LogP contribution in [0.25, 0.3) is 11.0 Å². The number of fused-ring (bicyclic) bond motifs is 3. The van der Waals surface area contributed by atoms with Crippen LogP contribution in [0.4, 0.5) is 0 Å². The molecular formula is C31H43N3O3. The smallest absolute Gasteiger partial charge is 0.360 e. The van der Waals surface area contributed by atoms with Crippen molar-refractivity contribution in [2.75, 3.05) is 0 Å². The highest BCUT2D eigenvalue weighted by Crippen LogP contribution is 2.46. The molecule has 37 heavy (non-hydrogen) atoms. The van der Waals surface area contributed by atoms with Crippen molar-refractivity contribution in [2.45, 2.75) is 115 Å². The predicted octanol–water partition coefficient (Wildman–Crippen LogP) is 6.28. The van der Waals surface area contributed by atoms with Crippen molar-refractivity contribution in [3.8, 4) is 0 Å². The van der Waals surface area contributed by atoms with Gasteiger partial charge in [0.05, 0.1) is 11.0 Å². The van der Waals surface area contributed by atoms with Crippen LogP contribution < -0.4 is 5.56 Å². The van der Waals surface area contributed by atoms with E-state index in [0.717, 1.165) is 42.0 Å². The van der Waals surface area contributed by atoms with E-state index in [1.807, 2.05) is 24.3 Å². The number of para-hydroxylation sites is 2. The van der Waals surface area contributed by atoms with Gasteiger partial charge in [-0.15, -0.1) is 0 Å². The molecule has 4 fully saturated rings. The van der Waals surface area contributed by atoms with Crippen LogP contribution in [0, 0.1) is 23.7 Å². The van der Waals surface area contributed by atoms with E-state index in [1.165, 1.54) is 64.2 Å². The Morgan fingerprint density at radius 3 is 2.03 bits per heavy atom. The van der Waals surface area contributed by atoms with Crippen molar-refractivity contribution in [1.29, 1.82) is 0 Å². The highest BCUT2D eigenvalue weighted by Gasteiger charge is 2.44. The molecule has 7 atom stereocenters. The minimum Gasteiger partial charge on any atom is -0.476 e. The molecule has 2 aliphatic carbocycles. The standard InChI is InChI=1S/C31H43N3O3/c1-19-13-22(21-7-5-8-21)14-20(2)16-25(15-19)33-23-9-6-10-24(33)18-26(17-23)34-28-12-4-3-11-27(28)32-29(30(34)35)31(36)37/h3-4,11-12,19-26H,5-10,13-18H2,1-2H3,(H,36,37)/t19-,20+,22?,23-,24+,25?,26?. The molecule has 6 heteroatoms. The third kappa shape index (κ3) is 4.75. The quantitative estimate of drug-likeness (QED) is 0.529. The summed E-state index contributed by atoms with van der Waals surface area (Å²) in [5, 5.41) is 9.71. The summed E-state index contributed by atoms with van der Waals surface area (Å²) in [6.07, 6.45) is 15.2. The van der Waals surface area contributed by atoms with Gasteiger partial charge >= 0.3 is 5.97 Å². The van der Waals surface area contributed by atoms with Crippen molar-refractivity contribution in [2.24, 2.45) is 23.7 Å². The lowest BCUT2D eigenvalue weighted by atomic mass is 9.67. The summed E-state index contributed by atoms with van der Waals surface area (Å²) in [5.74, 6) is 2.22. The maximum absolute atomic E-state index is 13.4. The van der Waals surface area contributed by atoms with Gasteiger partial charge in [0.2, 0.25) is 5.69 Å². The summed E-state index contributed by atoms with van der Waals surface area (Å²) >= 11 is 0. The average Bonchev–Trinajstić information content (AvgIpc) is 2.80. The van der Waals surface area contributed by atoms with Gasteiger partial charge < -0.3 is 9.67 Å². The minimum atomic E-state index is -1.24. The first kappa shape index (κ1) is 25.1. The number of hydrogen-bond donors (Lipinski definition) is 1. The Balaban J connectivity index is 1.27. The molecule has 2 aliphatic heterocycles. The van der Waals surface area contributed by atoms with Gasteiger partial charge in [-0.25, -0.2) is 9.78 Å². The van der Waals surface area contributed by atoms with Crippen LogP contribution in [0.1, 0.15) is 107 Å². The van der Waals surface area contributed by atoms with E-state index in [1.54, 1.807) is 4.57 Å². The van der Waals surface area contributed by atoms with Gasteiger partial charge in [0.25, 0.3) is 5.56 Å². The van der Waals surface area contributed by atoms with E-state index in [2.05, 4.69) is 23.7 Å². The van der Waals surface area contributed by atoms with Crippen LogP contribution in [0.15, 0.2) is 29.1 Å². The summed E-state index contributed by atoms with van der Waals surface area (Å²) in [5.41, 5.74) is 0.563. The number of piperidine rings is 2. The molecule has 0 amide bonds. The largest absolute Gasteiger partial charge is 0.476 e. The number of carbonyl (C=O) groups is 1. The molecule has 3 unspecified atom stereocenters. The van der Waals surface area contributed by atoms with E-state index in [0.29, 0.717) is 23.6 Å². The summed E-state index contributed by atoms with van der Waals surface area (Å²) in [7, 11) is 0. The van der Waals surface area contributed by atoms with E-state index in [4.69, 9.17) is 0 Å². The predicted molar refractivity (Wildman–Crippen MR) is 146 cm³/mol. The van der Waals surface area contributed by atoms with Gasteiger partial charge in [0, 0.05) is 24.2 Å². The summed E-state index contributed by atoms with van der Waals surface area (Å²) in [4.78, 5) is 32.4. The fourth-order valence-electron chi connectivity index (χ4n) is 8.74. The number of hydrogen-bond acceptors (Lipinski definition) is 4. The van der Waals surface area contributed by atoms with Crippen molar-refractivity contribution in [3.63, 3.8) is 0 Å². The molecule has 0 spiro atoms. The molecular weight excluding hydrogens is 462 g/mol. The molecule has 200 valence electrons. The zero-order valence-electron chi connectivity index (χ0n) is 22.5. The summed E-state index contributed by atoms with van der Waals surface area (Å²) in [6.45, 7) is 4.99. The average molecular weight is 506 g/mol. The number of carboxylic acid groups (broad SMARTS) is 1. The lowest BCUT2D eigenvalue weighted by molar-refractivity contribution is -0.0376. The second-order valence-corrected chi connectivity index (χ2v) is 13.0. The Labute approximate surface area is 220 Å². The fourth-order valence-corrected chi connectivity index (χ4v) is 8.74. The Kier molecular flexibility index (Phi) is 6.89. The molecule has 1 aromatic carbocycles. The van der Waals surface area contributed by atoms with Crippen molar-refractivity contribution in [3.05, 3.63) is 40.3 Å². The van der Waals surface area contributed by atoms with Gasteiger partial charge in [-0.3, -0.25) is 9.69 Å². The van der Waals surface area contributed by atoms with Gasteiger partial charge in [-0.1, -0.05) is 51.7 Å². The maximum atomic E-state index is 13.4. The van der Waals surface area contributed by atoms with E-state index in [9.17, 15) is 14.7 Å². The van der Waals surface area contributed by atoms with Crippen molar-refractivity contribution in [1.82, 2.24) is 14.5 Å². The van der Waals surface area contributed by atoms with Gasteiger partial charge in [0.15, 0.2) is 0 Å². The maximum Gasteiger partial charge on any atom is 0.360 e. The lowest BCUT2D eigenvalue weighted by Gasteiger charge is -2.54. The molecule has 6 rings (SSSR count). The molecule has 3 heterocycles. The molecule has 0 radical (unpaired) electrons. The van der Waals surface area contributed by atoms with Gasteiger partial charge in [0.1, 0.15) is 0 Å². The molecule has 2 bridgehead atoms. The second kappa shape index (κ2) is 10.2. The normalized spacial score (nSPS) is 35.5. The first-order chi connectivity index (χ1) is 17.9. The third-order valence-electron chi connectivity index (χ3n) is 10.4. The van der Waals surface area contributed by atoms with Gasteiger partial charge in [-0.05, 0) is 87.2 Å². The second-order valence-electron chi connectivity index (χ2n) is 13.0. The number of aromatic nitrogens is 2. The van der Waals surface area contributed by atoms with E-state index >= 15 is 0 Å². The fraction of sp³-hybridized carbons (Fsp3) is 0.710. The van der Waals surface area contributed by atoms with E-state index in [-0.39, 0.29) is 11.7 Å². The number of rotatable bonds is 4. The SMILES string of the molecule is C[C@@H]1CC(C2CCC2)C[C@H](C)CC(N2[C@@H]3CCC[C@H]2CC(n2c(=O)c(C(=O)O)nc4ccccc42)C3)C1. The van der Waals surface area contributed by atoms with E-state index < -0.39 is 11.5 Å². The first-order valence-electron chi connectivity index (χ1n) is 14.9. The van der Waals surface area contributed by atoms with Crippen LogP contribution in [0.5, 0.6) is 0 Å². The Bertz CT molecular complexity index is 1180. The van der Waals surface area contributed by atoms with Crippen molar-refractivity contribution < 1.29 is 9.90 Å². The van der Waals surface area contributed by atoms with Gasteiger partial charge in [-0.2, -0.15) is 0 Å². The molecule has 6 nitrogen and oxygen atoms in total. The summed E-state index contributed by atoms with van der Waals surface area (Å²) in [6, 6.07) is 9.12. The highest BCUT2D eigenvalue weighted by molar-refractivity contribution is 5.88. The molecule has 2 aromatic rings. The van der Waals surface area contributed by atoms with Crippen LogP contribution in [-0.4, -0.2) is 43.7 Å². The monoisotopic (exact) mass is 505 g/mol. The molecule has 1 N–H and O–H groups in total. The Hall–Kier alpha value is -2.21. The molecule has 2 saturated heterocycles. The molecule has 2 saturated carbocycles. The van der Waals surface area contributed by atoms with Crippen LogP contribution in [-0.2, 0) is 0 Å². The Morgan fingerprint density at radius 1 is 0.811 bits per heavy atom. The highest BCUT2D eigenvalue weighted by atomic mass is 16.4. The Morgan fingerprint density at radius 2 is 1.43 bits per heavy atom. The topological polar surface area (TPSA) is 75.4 Å².